The number of pyridine rings is 1. The molecule has 0 aliphatic carbocycles. The Labute approximate surface area is 85.2 Å². The van der Waals surface area contributed by atoms with E-state index in [0.717, 1.165) is 5.39 Å². The molecule has 0 radical (unpaired) electrons. The number of fused-ring (bicyclic) bond motifs is 1. The minimum Gasteiger partial charge on any atom is -0.241 e. The molecule has 0 amide bonds. The summed E-state index contributed by atoms with van der Waals surface area (Å²) in [5.74, 6) is 0.630. The smallest absolute Gasteiger partial charge is 0.164 e. The van der Waals surface area contributed by atoms with Crippen molar-refractivity contribution in [2.45, 2.75) is 6.92 Å². The van der Waals surface area contributed by atoms with E-state index in [1.54, 1.807) is 19.2 Å². The number of halogens is 1. The molecule has 0 saturated carbocycles. The third-order valence-corrected chi connectivity index (χ3v) is 2.05. The Morgan fingerprint density at radius 1 is 1.43 bits per heavy atom. The lowest BCUT2D eigenvalue weighted by Gasteiger charge is -1.99. The van der Waals surface area contributed by atoms with E-state index in [9.17, 15) is 0 Å². The number of aryl methyl sites for hydroxylation is 1. The SMILES string of the molecule is Cc1ncc2cc(C#N)c(Cl)nc2n1. The summed E-state index contributed by atoms with van der Waals surface area (Å²) >= 11 is 5.76. The fraction of sp³-hybridized carbons (Fsp3) is 0.111. The van der Waals surface area contributed by atoms with Gasteiger partial charge < -0.3 is 0 Å². The largest absolute Gasteiger partial charge is 0.241 e. The molecule has 68 valence electrons. The van der Waals surface area contributed by atoms with Crippen LogP contribution in [-0.2, 0) is 0 Å². The minimum absolute atomic E-state index is 0.179. The molecule has 5 heteroatoms. The summed E-state index contributed by atoms with van der Waals surface area (Å²) in [4.78, 5) is 12.1. The van der Waals surface area contributed by atoms with Crippen LogP contribution in [0.3, 0.4) is 0 Å². The first-order chi connectivity index (χ1) is 6.70. The van der Waals surface area contributed by atoms with Gasteiger partial charge in [-0.2, -0.15) is 5.26 Å². The van der Waals surface area contributed by atoms with Gasteiger partial charge in [-0.1, -0.05) is 11.6 Å². The van der Waals surface area contributed by atoms with Crippen molar-refractivity contribution >= 4 is 22.6 Å². The summed E-state index contributed by atoms with van der Waals surface area (Å²) < 4.78 is 0. The van der Waals surface area contributed by atoms with Crippen molar-refractivity contribution in [2.75, 3.05) is 0 Å². The van der Waals surface area contributed by atoms with Crippen molar-refractivity contribution in [2.24, 2.45) is 0 Å². The molecule has 0 unspecified atom stereocenters. The zero-order valence-electron chi connectivity index (χ0n) is 7.32. The van der Waals surface area contributed by atoms with E-state index in [0.29, 0.717) is 17.0 Å². The summed E-state index contributed by atoms with van der Waals surface area (Å²) in [6, 6.07) is 3.58. The van der Waals surface area contributed by atoms with Crippen LogP contribution in [0.5, 0.6) is 0 Å². The van der Waals surface area contributed by atoms with Crippen LogP contribution in [0.4, 0.5) is 0 Å². The molecule has 2 aromatic rings. The molecule has 2 aromatic heterocycles. The topological polar surface area (TPSA) is 62.5 Å². The van der Waals surface area contributed by atoms with Gasteiger partial charge in [0, 0.05) is 11.6 Å². The van der Waals surface area contributed by atoms with Gasteiger partial charge in [-0.05, 0) is 13.0 Å². The zero-order valence-corrected chi connectivity index (χ0v) is 8.08. The van der Waals surface area contributed by atoms with Crippen LogP contribution < -0.4 is 0 Å². The van der Waals surface area contributed by atoms with Crippen LogP contribution in [0, 0.1) is 18.3 Å². The Balaban J connectivity index is 2.81. The maximum Gasteiger partial charge on any atom is 0.164 e. The van der Waals surface area contributed by atoms with E-state index >= 15 is 0 Å². The number of rotatable bonds is 0. The standard InChI is InChI=1S/C9H5ClN4/c1-5-12-4-7-2-6(3-11)8(10)14-9(7)13-5/h2,4H,1H3. The first-order valence-electron chi connectivity index (χ1n) is 3.90. The molecule has 14 heavy (non-hydrogen) atoms. The van der Waals surface area contributed by atoms with Crippen LogP contribution in [0.15, 0.2) is 12.3 Å². The Kier molecular flexibility index (Phi) is 2.02. The van der Waals surface area contributed by atoms with Crippen molar-refractivity contribution in [3.8, 4) is 6.07 Å². The second kappa shape index (κ2) is 3.20. The molecule has 0 aliphatic heterocycles. The highest BCUT2D eigenvalue weighted by atomic mass is 35.5. The molecular formula is C9H5ClN4. The normalized spacial score (nSPS) is 10.1. The van der Waals surface area contributed by atoms with Crippen molar-refractivity contribution in [3.05, 3.63) is 28.8 Å². The number of nitrogens with zero attached hydrogens (tertiary/aromatic N) is 4. The lowest BCUT2D eigenvalue weighted by Crippen LogP contribution is -1.92. The second-order valence-electron chi connectivity index (χ2n) is 2.77. The highest BCUT2D eigenvalue weighted by Gasteiger charge is 2.05. The molecule has 0 bridgehead atoms. The van der Waals surface area contributed by atoms with Gasteiger partial charge in [0.05, 0.1) is 5.56 Å². The van der Waals surface area contributed by atoms with Gasteiger partial charge in [0.25, 0.3) is 0 Å². The van der Waals surface area contributed by atoms with Crippen LogP contribution in [0.1, 0.15) is 11.4 Å². The quantitative estimate of drug-likeness (QED) is 0.615. The summed E-state index contributed by atoms with van der Waals surface area (Å²) in [6.45, 7) is 1.77. The molecular weight excluding hydrogens is 200 g/mol. The van der Waals surface area contributed by atoms with Crippen LogP contribution in [0.2, 0.25) is 5.15 Å². The van der Waals surface area contributed by atoms with Gasteiger partial charge in [-0.3, -0.25) is 0 Å². The Morgan fingerprint density at radius 3 is 2.93 bits per heavy atom. The Bertz CT molecular complexity index is 544. The van der Waals surface area contributed by atoms with E-state index in [2.05, 4.69) is 15.0 Å². The number of hydrogen-bond acceptors (Lipinski definition) is 4. The van der Waals surface area contributed by atoms with Crippen LogP contribution >= 0.6 is 11.6 Å². The predicted octanol–water partition coefficient (Wildman–Crippen LogP) is 1.86. The van der Waals surface area contributed by atoms with Crippen molar-refractivity contribution < 1.29 is 0 Å². The lowest BCUT2D eigenvalue weighted by atomic mass is 10.2. The number of aromatic nitrogens is 3. The maximum absolute atomic E-state index is 8.72. The molecule has 2 rings (SSSR count). The van der Waals surface area contributed by atoms with E-state index in [-0.39, 0.29) is 5.15 Å². The van der Waals surface area contributed by atoms with Crippen molar-refractivity contribution in [3.63, 3.8) is 0 Å². The van der Waals surface area contributed by atoms with Crippen molar-refractivity contribution in [1.82, 2.24) is 15.0 Å². The Hall–Kier alpha value is -1.73. The number of nitriles is 1. The first kappa shape index (κ1) is 8.85. The summed E-state index contributed by atoms with van der Waals surface area (Å²) in [5.41, 5.74) is 0.855. The fourth-order valence-electron chi connectivity index (χ4n) is 1.11. The van der Waals surface area contributed by atoms with E-state index in [4.69, 9.17) is 16.9 Å². The highest BCUT2D eigenvalue weighted by molar-refractivity contribution is 6.30. The lowest BCUT2D eigenvalue weighted by molar-refractivity contribution is 1.07. The van der Waals surface area contributed by atoms with E-state index in [1.807, 2.05) is 6.07 Å². The monoisotopic (exact) mass is 204 g/mol. The average molecular weight is 205 g/mol. The molecule has 2 heterocycles. The summed E-state index contributed by atoms with van der Waals surface area (Å²) in [6.07, 6.45) is 1.63. The molecule has 0 spiro atoms. The van der Waals surface area contributed by atoms with Gasteiger partial charge >= 0.3 is 0 Å². The van der Waals surface area contributed by atoms with Crippen LogP contribution in [-0.4, -0.2) is 15.0 Å². The van der Waals surface area contributed by atoms with Gasteiger partial charge in [-0.15, -0.1) is 0 Å². The summed E-state index contributed by atoms with van der Waals surface area (Å²) in [5, 5.41) is 9.62. The number of hydrogen-bond donors (Lipinski definition) is 0. The molecule has 4 nitrogen and oxygen atoms in total. The maximum atomic E-state index is 8.72. The van der Waals surface area contributed by atoms with Gasteiger partial charge in [0.2, 0.25) is 0 Å². The van der Waals surface area contributed by atoms with Crippen molar-refractivity contribution in [1.29, 1.82) is 5.26 Å². The van der Waals surface area contributed by atoms with Gasteiger partial charge in [0.15, 0.2) is 5.65 Å². The zero-order chi connectivity index (χ0) is 10.1. The second-order valence-corrected chi connectivity index (χ2v) is 3.13. The third-order valence-electron chi connectivity index (χ3n) is 1.76. The first-order valence-corrected chi connectivity index (χ1v) is 4.28. The third kappa shape index (κ3) is 1.38. The van der Waals surface area contributed by atoms with E-state index < -0.39 is 0 Å². The Morgan fingerprint density at radius 2 is 2.21 bits per heavy atom. The van der Waals surface area contributed by atoms with Gasteiger partial charge in [-0.25, -0.2) is 15.0 Å². The molecule has 0 atom stereocenters. The van der Waals surface area contributed by atoms with Gasteiger partial charge in [0.1, 0.15) is 17.0 Å². The van der Waals surface area contributed by atoms with Crippen LogP contribution in [0.25, 0.3) is 11.0 Å². The molecule has 0 aliphatic rings. The fourth-order valence-corrected chi connectivity index (χ4v) is 1.28. The van der Waals surface area contributed by atoms with E-state index in [1.165, 1.54) is 0 Å². The highest BCUT2D eigenvalue weighted by Crippen LogP contribution is 2.17. The predicted molar refractivity (Wildman–Crippen MR) is 51.8 cm³/mol. The summed E-state index contributed by atoms with van der Waals surface area (Å²) in [7, 11) is 0. The minimum atomic E-state index is 0.179. The molecule has 0 fully saturated rings. The molecule has 0 N–H and O–H groups in total. The average Bonchev–Trinajstić information content (AvgIpc) is 2.16. The molecule has 0 aromatic carbocycles. The molecule has 0 saturated heterocycles.